The number of hydrogen-bond donors (Lipinski definition) is 2. The average Bonchev–Trinajstić information content (AvgIpc) is 2.81. The Morgan fingerprint density at radius 3 is 2.68 bits per heavy atom. The quantitative estimate of drug-likeness (QED) is 0.848. The van der Waals surface area contributed by atoms with Gasteiger partial charge >= 0.3 is 0 Å². The number of benzene rings is 1. The van der Waals surface area contributed by atoms with Crippen LogP contribution in [0.15, 0.2) is 42.6 Å². The van der Waals surface area contributed by atoms with Crippen molar-refractivity contribution in [2.24, 2.45) is 5.73 Å². The number of anilines is 2. The number of fused-ring (bicyclic) bond motifs is 2. The van der Waals surface area contributed by atoms with Gasteiger partial charge in [-0.25, -0.2) is 4.98 Å². The van der Waals surface area contributed by atoms with Crippen LogP contribution in [0.5, 0.6) is 0 Å². The highest BCUT2D eigenvalue weighted by Gasteiger charge is 2.44. The minimum Gasteiger partial charge on any atom is -0.399 e. The van der Waals surface area contributed by atoms with Crippen LogP contribution in [0.1, 0.15) is 36.4 Å². The number of nitrogen functional groups attached to an aromatic ring is 1. The second kappa shape index (κ2) is 4.99. The Kier molecular flexibility index (Phi) is 3.08. The van der Waals surface area contributed by atoms with Crippen LogP contribution in [0.4, 0.5) is 11.5 Å². The number of piperidine rings is 1. The van der Waals surface area contributed by atoms with Crippen molar-refractivity contribution >= 4 is 11.5 Å². The van der Waals surface area contributed by atoms with E-state index in [0.29, 0.717) is 0 Å². The molecule has 2 heterocycles. The molecule has 0 amide bonds. The summed E-state index contributed by atoms with van der Waals surface area (Å²) in [6, 6.07) is 12.7. The van der Waals surface area contributed by atoms with Gasteiger partial charge in [-0.1, -0.05) is 24.3 Å². The van der Waals surface area contributed by atoms with Crippen LogP contribution in [0.3, 0.4) is 0 Å². The summed E-state index contributed by atoms with van der Waals surface area (Å²) in [5.41, 5.74) is 16.1. The van der Waals surface area contributed by atoms with E-state index in [2.05, 4.69) is 34.1 Å². The predicted molar refractivity (Wildman–Crippen MR) is 89.8 cm³/mol. The maximum atomic E-state index is 6.38. The number of rotatable bonds is 1. The van der Waals surface area contributed by atoms with Crippen molar-refractivity contribution in [1.82, 2.24) is 4.98 Å². The fraction of sp³-hybridized carbons (Fsp3) is 0.389. The van der Waals surface area contributed by atoms with Crippen LogP contribution in [-0.2, 0) is 5.41 Å². The van der Waals surface area contributed by atoms with Crippen molar-refractivity contribution in [1.29, 1.82) is 0 Å². The number of nitrogens with zero attached hydrogens (tertiary/aromatic N) is 2. The summed E-state index contributed by atoms with van der Waals surface area (Å²) in [5, 5.41) is 0. The van der Waals surface area contributed by atoms with Gasteiger partial charge in [0.05, 0.1) is 0 Å². The summed E-state index contributed by atoms with van der Waals surface area (Å²) in [7, 11) is 0. The molecule has 4 rings (SSSR count). The molecule has 1 aromatic carbocycles. The van der Waals surface area contributed by atoms with E-state index in [9.17, 15) is 0 Å². The third-order valence-electron chi connectivity index (χ3n) is 5.36. The Morgan fingerprint density at radius 2 is 1.91 bits per heavy atom. The van der Waals surface area contributed by atoms with Crippen molar-refractivity contribution in [2.75, 3.05) is 23.7 Å². The molecule has 2 aliphatic rings. The molecule has 1 fully saturated rings. The molecule has 4 heteroatoms. The van der Waals surface area contributed by atoms with Crippen LogP contribution in [0.25, 0.3) is 0 Å². The first kappa shape index (κ1) is 13.6. The first-order valence-corrected chi connectivity index (χ1v) is 7.99. The van der Waals surface area contributed by atoms with Gasteiger partial charge in [0.2, 0.25) is 0 Å². The van der Waals surface area contributed by atoms with E-state index in [1.165, 1.54) is 11.1 Å². The SMILES string of the molecule is Nc1ccnc(N2CCC3(CC2)C[C@@H](N)c2ccccc23)c1. The normalized spacial score (nSPS) is 22.8. The van der Waals surface area contributed by atoms with E-state index in [1.54, 1.807) is 6.20 Å². The summed E-state index contributed by atoms with van der Waals surface area (Å²) in [4.78, 5) is 6.80. The molecule has 22 heavy (non-hydrogen) atoms. The molecule has 2 aromatic rings. The predicted octanol–water partition coefficient (Wildman–Crippen LogP) is 2.61. The van der Waals surface area contributed by atoms with Crippen molar-refractivity contribution in [2.45, 2.75) is 30.7 Å². The highest BCUT2D eigenvalue weighted by atomic mass is 15.2. The van der Waals surface area contributed by atoms with Crippen LogP contribution in [-0.4, -0.2) is 18.1 Å². The molecule has 114 valence electrons. The summed E-state index contributed by atoms with van der Waals surface area (Å²) < 4.78 is 0. The zero-order chi connectivity index (χ0) is 15.2. The molecule has 1 atom stereocenters. The van der Waals surface area contributed by atoms with Crippen LogP contribution in [0, 0.1) is 0 Å². The van der Waals surface area contributed by atoms with Crippen LogP contribution < -0.4 is 16.4 Å². The third-order valence-corrected chi connectivity index (χ3v) is 5.36. The Morgan fingerprint density at radius 1 is 1.14 bits per heavy atom. The third kappa shape index (κ3) is 2.06. The van der Waals surface area contributed by atoms with Gasteiger partial charge in [0.15, 0.2) is 0 Å². The number of hydrogen-bond acceptors (Lipinski definition) is 4. The first-order valence-electron chi connectivity index (χ1n) is 7.99. The Bertz CT molecular complexity index is 689. The zero-order valence-electron chi connectivity index (χ0n) is 12.7. The summed E-state index contributed by atoms with van der Waals surface area (Å²) >= 11 is 0. The van der Waals surface area contributed by atoms with Gasteiger partial charge in [-0.3, -0.25) is 0 Å². The average molecular weight is 294 g/mol. The second-order valence-corrected chi connectivity index (χ2v) is 6.61. The molecule has 1 aliphatic carbocycles. The van der Waals surface area contributed by atoms with Crippen molar-refractivity contribution < 1.29 is 0 Å². The molecule has 0 saturated carbocycles. The van der Waals surface area contributed by atoms with Gasteiger partial charge in [-0.2, -0.15) is 0 Å². The highest BCUT2D eigenvalue weighted by Crippen LogP contribution is 2.50. The van der Waals surface area contributed by atoms with Gasteiger partial charge in [-0.15, -0.1) is 0 Å². The van der Waals surface area contributed by atoms with Crippen molar-refractivity contribution in [3.05, 3.63) is 53.7 Å². The lowest BCUT2D eigenvalue weighted by atomic mass is 9.73. The standard InChI is InChI=1S/C18H22N4/c19-13-5-8-21-17(11-13)22-9-6-18(7-10-22)12-16(20)14-3-1-2-4-15(14)18/h1-5,8,11,16H,6-7,9-10,12,20H2,(H2,19,21)/t16-/m1/s1. The lowest BCUT2D eigenvalue weighted by molar-refractivity contribution is 0.315. The van der Waals surface area contributed by atoms with Gasteiger partial charge in [0.1, 0.15) is 5.82 Å². The molecule has 4 nitrogen and oxygen atoms in total. The fourth-order valence-electron chi connectivity index (χ4n) is 4.19. The fourth-order valence-corrected chi connectivity index (χ4v) is 4.19. The van der Waals surface area contributed by atoms with Crippen molar-refractivity contribution in [3.8, 4) is 0 Å². The number of nitrogens with two attached hydrogens (primary N) is 2. The van der Waals surface area contributed by atoms with E-state index in [4.69, 9.17) is 11.5 Å². The molecular formula is C18H22N4. The largest absolute Gasteiger partial charge is 0.399 e. The Hall–Kier alpha value is -2.07. The molecule has 1 saturated heterocycles. The molecule has 4 N–H and O–H groups in total. The summed E-state index contributed by atoms with van der Waals surface area (Å²) in [5.74, 6) is 0.991. The minimum absolute atomic E-state index is 0.188. The summed E-state index contributed by atoms with van der Waals surface area (Å²) in [6.45, 7) is 2.02. The molecule has 0 unspecified atom stereocenters. The highest BCUT2D eigenvalue weighted by molar-refractivity contribution is 5.51. The smallest absolute Gasteiger partial charge is 0.130 e. The molecule has 1 aromatic heterocycles. The Balaban J connectivity index is 1.58. The zero-order valence-corrected chi connectivity index (χ0v) is 12.7. The van der Waals surface area contributed by atoms with E-state index in [-0.39, 0.29) is 11.5 Å². The number of pyridine rings is 1. The second-order valence-electron chi connectivity index (χ2n) is 6.61. The first-order chi connectivity index (χ1) is 10.7. The minimum atomic E-state index is 0.188. The van der Waals surface area contributed by atoms with E-state index < -0.39 is 0 Å². The van der Waals surface area contributed by atoms with Gasteiger partial charge in [0.25, 0.3) is 0 Å². The lowest BCUT2D eigenvalue weighted by Crippen LogP contribution is -2.42. The maximum Gasteiger partial charge on any atom is 0.130 e. The molecular weight excluding hydrogens is 272 g/mol. The molecule has 1 aliphatic heterocycles. The van der Waals surface area contributed by atoms with Crippen molar-refractivity contribution in [3.63, 3.8) is 0 Å². The van der Waals surface area contributed by atoms with Gasteiger partial charge in [-0.05, 0) is 36.5 Å². The maximum absolute atomic E-state index is 6.38. The van der Waals surface area contributed by atoms with Gasteiger partial charge < -0.3 is 16.4 Å². The van der Waals surface area contributed by atoms with E-state index >= 15 is 0 Å². The number of aromatic nitrogens is 1. The van der Waals surface area contributed by atoms with E-state index in [0.717, 1.165) is 43.9 Å². The molecule has 0 bridgehead atoms. The lowest BCUT2D eigenvalue weighted by Gasteiger charge is -2.40. The van der Waals surface area contributed by atoms with E-state index in [1.807, 2.05) is 12.1 Å². The van der Waals surface area contributed by atoms with Crippen LogP contribution in [0.2, 0.25) is 0 Å². The molecule has 0 radical (unpaired) electrons. The molecule has 1 spiro atoms. The van der Waals surface area contributed by atoms with Crippen LogP contribution >= 0.6 is 0 Å². The topological polar surface area (TPSA) is 68.2 Å². The monoisotopic (exact) mass is 294 g/mol. The Labute approximate surface area is 131 Å². The van der Waals surface area contributed by atoms with Gasteiger partial charge in [0, 0.05) is 42.5 Å². The summed E-state index contributed by atoms with van der Waals surface area (Å²) in [6.07, 6.45) is 5.13.